The summed E-state index contributed by atoms with van der Waals surface area (Å²) in [6, 6.07) is 12.5. The highest BCUT2D eigenvalue weighted by atomic mass is 35.5. The van der Waals surface area contributed by atoms with Crippen molar-refractivity contribution in [3.8, 4) is 11.4 Å². The van der Waals surface area contributed by atoms with Gasteiger partial charge in [0.15, 0.2) is 5.82 Å². The molecular formula is C30H34ClN7O. The minimum Gasteiger partial charge on any atom is -0.369 e. The van der Waals surface area contributed by atoms with Gasteiger partial charge in [-0.15, -0.1) is 0 Å². The number of anilines is 2. The molecule has 9 heteroatoms. The van der Waals surface area contributed by atoms with Crippen molar-refractivity contribution in [1.82, 2.24) is 19.9 Å². The van der Waals surface area contributed by atoms with E-state index in [2.05, 4.69) is 70.8 Å². The molecule has 0 saturated carbocycles. The van der Waals surface area contributed by atoms with Gasteiger partial charge in [-0.1, -0.05) is 29.8 Å². The molecule has 202 valence electrons. The second-order valence-electron chi connectivity index (χ2n) is 10.8. The van der Waals surface area contributed by atoms with Crippen LogP contribution in [0.1, 0.15) is 29.3 Å². The fraction of sp³-hybridized carbons (Fsp3) is 0.367. The van der Waals surface area contributed by atoms with Gasteiger partial charge >= 0.3 is 0 Å². The summed E-state index contributed by atoms with van der Waals surface area (Å²) in [6.45, 7) is 10.5. The number of piperazine rings is 1. The van der Waals surface area contributed by atoms with Crippen LogP contribution in [0.15, 0.2) is 42.6 Å². The Bertz CT molecular complexity index is 1560. The van der Waals surface area contributed by atoms with E-state index in [4.69, 9.17) is 27.3 Å². The molecule has 6 rings (SSSR count). The summed E-state index contributed by atoms with van der Waals surface area (Å²) in [7, 11) is 0. The van der Waals surface area contributed by atoms with Crippen molar-refractivity contribution in [2.45, 2.75) is 39.8 Å². The van der Waals surface area contributed by atoms with E-state index in [1.165, 1.54) is 11.1 Å². The summed E-state index contributed by atoms with van der Waals surface area (Å²) in [6.07, 6.45) is 2.86. The Morgan fingerprint density at radius 3 is 2.74 bits per heavy atom. The Balaban J connectivity index is 1.44. The zero-order valence-electron chi connectivity index (χ0n) is 22.7. The number of H-pyrrole nitrogens is 1. The van der Waals surface area contributed by atoms with Crippen LogP contribution >= 0.6 is 11.6 Å². The summed E-state index contributed by atoms with van der Waals surface area (Å²) in [5.74, 6) is 1.45. The molecule has 0 bridgehead atoms. The fourth-order valence-corrected chi connectivity index (χ4v) is 6.24. The Labute approximate surface area is 233 Å². The first-order valence-electron chi connectivity index (χ1n) is 13.5. The number of primary amides is 1. The number of amides is 1. The molecule has 2 aromatic heterocycles. The number of hydrogen-bond donors (Lipinski definition) is 2. The highest BCUT2D eigenvalue weighted by Crippen LogP contribution is 2.36. The first kappa shape index (κ1) is 25.6. The topological polar surface area (TPSA) is 94.4 Å². The lowest BCUT2D eigenvalue weighted by Crippen LogP contribution is -2.54. The molecule has 1 amide bonds. The van der Waals surface area contributed by atoms with Crippen LogP contribution in [0, 0.1) is 13.8 Å². The highest BCUT2D eigenvalue weighted by Gasteiger charge is 2.31. The first-order valence-corrected chi connectivity index (χ1v) is 13.9. The molecule has 0 radical (unpaired) electrons. The number of benzene rings is 2. The maximum atomic E-state index is 11.6. The summed E-state index contributed by atoms with van der Waals surface area (Å²) >= 11 is 6.39. The zero-order chi connectivity index (χ0) is 27.3. The number of halogens is 1. The molecule has 2 aromatic carbocycles. The molecule has 0 aliphatic carbocycles. The number of aryl methyl sites for hydroxylation is 2. The molecular weight excluding hydrogens is 510 g/mol. The quantitative estimate of drug-likeness (QED) is 0.386. The predicted molar refractivity (Wildman–Crippen MR) is 157 cm³/mol. The number of carbonyl (C=O) groups excluding carboxylic acids is 1. The first-order chi connectivity index (χ1) is 18.8. The SMILES string of the molecule is Cc1ccc(Cl)cc1N1CCc2nc(-c3cccc4[nH]cc(C)c34)nc(N3CCN(CC(N)=O)[C@H](C)C3)c2C1. The molecule has 4 aromatic rings. The van der Waals surface area contributed by atoms with Crippen LogP contribution in [-0.2, 0) is 17.8 Å². The van der Waals surface area contributed by atoms with Gasteiger partial charge in [0, 0.05) is 84.1 Å². The molecule has 1 atom stereocenters. The number of nitrogens with zero attached hydrogens (tertiary/aromatic N) is 5. The van der Waals surface area contributed by atoms with Crippen molar-refractivity contribution >= 4 is 39.9 Å². The number of aromatic nitrogens is 3. The molecule has 39 heavy (non-hydrogen) atoms. The third-order valence-corrected chi connectivity index (χ3v) is 8.35. The van der Waals surface area contributed by atoms with E-state index in [9.17, 15) is 4.79 Å². The lowest BCUT2D eigenvalue weighted by atomic mass is 10.0. The molecule has 1 saturated heterocycles. The summed E-state index contributed by atoms with van der Waals surface area (Å²) in [5.41, 5.74) is 13.4. The van der Waals surface area contributed by atoms with E-state index in [1.807, 2.05) is 12.3 Å². The highest BCUT2D eigenvalue weighted by molar-refractivity contribution is 6.30. The zero-order valence-corrected chi connectivity index (χ0v) is 23.4. The van der Waals surface area contributed by atoms with E-state index in [-0.39, 0.29) is 18.5 Å². The molecule has 0 unspecified atom stereocenters. The summed E-state index contributed by atoms with van der Waals surface area (Å²) < 4.78 is 0. The average molecular weight is 544 g/mol. The van der Waals surface area contributed by atoms with Gasteiger partial charge in [-0.05, 0) is 50.1 Å². The van der Waals surface area contributed by atoms with Gasteiger partial charge in [-0.2, -0.15) is 0 Å². The smallest absolute Gasteiger partial charge is 0.231 e. The van der Waals surface area contributed by atoms with E-state index in [1.54, 1.807) is 0 Å². The van der Waals surface area contributed by atoms with Crippen LogP contribution in [-0.4, -0.2) is 64.5 Å². The Kier molecular flexibility index (Phi) is 6.69. The predicted octanol–water partition coefficient (Wildman–Crippen LogP) is 4.45. The monoisotopic (exact) mass is 543 g/mol. The van der Waals surface area contributed by atoms with Crippen molar-refractivity contribution in [3.63, 3.8) is 0 Å². The van der Waals surface area contributed by atoms with Gasteiger partial charge in [-0.3, -0.25) is 9.69 Å². The maximum Gasteiger partial charge on any atom is 0.231 e. The molecule has 2 aliphatic rings. The lowest BCUT2D eigenvalue weighted by Gasteiger charge is -2.41. The standard InChI is InChI=1S/C30H34ClN7O/c1-18-7-8-21(31)13-26(18)37-10-9-24-23(16-37)30(38-12-11-36(17-27(32)39)20(3)15-38)35-29(34-24)22-5-4-6-25-28(22)19(2)14-33-25/h4-8,13-14,20,33H,9-12,15-17H2,1-3H3,(H2,32,39)/t20-/m1/s1. The number of aromatic amines is 1. The van der Waals surface area contributed by atoms with Crippen molar-refractivity contribution in [1.29, 1.82) is 0 Å². The molecule has 8 nitrogen and oxygen atoms in total. The second-order valence-corrected chi connectivity index (χ2v) is 11.3. The van der Waals surface area contributed by atoms with Gasteiger partial charge in [0.25, 0.3) is 0 Å². The summed E-state index contributed by atoms with van der Waals surface area (Å²) in [5, 5.41) is 1.90. The van der Waals surface area contributed by atoms with Gasteiger partial charge in [0.05, 0.1) is 12.2 Å². The number of nitrogens with one attached hydrogen (secondary N) is 1. The molecule has 1 fully saturated rings. The van der Waals surface area contributed by atoms with Crippen molar-refractivity contribution in [3.05, 3.63) is 70.0 Å². The Hall–Kier alpha value is -3.62. The van der Waals surface area contributed by atoms with E-state index < -0.39 is 0 Å². The summed E-state index contributed by atoms with van der Waals surface area (Å²) in [4.78, 5) is 32.4. The Morgan fingerprint density at radius 2 is 1.95 bits per heavy atom. The van der Waals surface area contributed by atoms with Crippen LogP contribution in [0.2, 0.25) is 5.02 Å². The average Bonchev–Trinajstić information content (AvgIpc) is 3.31. The normalized spacial score (nSPS) is 18.0. The van der Waals surface area contributed by atoms with Crippen LogP contribution < -0.4 is 15.5 Å². The third-order valence-electron chi connectivity index (χ3n) is 8.12. The number of fused-ring (bicyclic) bond motifs is 2. The number of hydrogen-bond acceptors (Lipinski definition) is 6. The van der Waals surface area contributed by atoms with Gasteiger partial charge in [-0.25, -0.2) is 9.97 Å². The van der Waals surface area contributed by atoms with Gasteiger partial charge in [0.2, 0.25) is 5.91 Å². The lowest BCUT2D eigenvalue weighted by molar-refractivity contribution is -0.119. The second kappa shape index (κ2) is 10.2. The van der Waals surface area contributed by atoms with Crippen LogP contribution in [0.5, 0.6) is 0 Å². The minimum absolute atomic E-state index is 0.172. The molecule has 2 aliphatic heterocycles. The maximum absolute atomic E-state index is 11.6. The largest absolute Gasteiger partial charge is 0.369 e. The van der Waals surface area contributed by atoms with Crippen molar-refractivity contribution < 1.29 is 4.79 Å². The van der Waals surface area contributed by atoms with E-state index in [0.717, 1.165) is 89.2 Å². The fourth-order valence-electron chi connectivity index (χ4n) is 6.07. The van der Waals surface area contributed by atoms with Crippen LogP contribution in [0.25, 0.3) is 22.3 Å². The molecule has 3 N–H and O–H groups in total. The van der Waals surface area contributed by atoms with E-state index in [0.29, 0.717) is 0 Å². The minimum atomic E-state index is -0.292. The van der Waals surface area contributed by atoms with E-state index >= 15 is 0 Å². The van der Waals surface area contributed by atoms with Crippen LogP contribution in [0.3, 0.4) is 0 Å². The number of carbonyl (C=O) groups is 1. The van der Waals surface area contributed by atoms with Gasteiger partial charge < -0.3 is 20.5 Å². The Morgan fingerprint density at radius 1 is 1.10 bits per heavy atom. The van der Waals surface area contributed by atoms with Crippen LogP contribution in [0.4, 0.5) is 11.5 Å². The number of nitrogens with two attached hydrogens (primary N) is 1. The van der Waals surface area contributed by atoms with Crippen molar-refractivity contribution in [2.75, 3.05) is 42.5 Å². The molecule has 4 heterocycles. The number of rotatable bonds is 5. The molecule has 0 spiro atoms. The van der Waals surface area contributed by atoms with Gasteiger partial charge in [0.1, 0.15) is 5.82 Å². The van der Waals surface area contributed by atoms with Crippen molar-refractivity contribution in [2.24, 2.45) is 5.73 Å². The third kappa shape index (κ3) is 4.83.